The molecule has 2 aromatic carbocycles. The van der Waals surface area contributed by atoms with Crippen molar-refractivity contribution >= 4 is 23.5 Å². The Morgan fingerprint density at radius 1 is 1.03 bits per heavy atom. The summed E-state index contributed by atoms with van der Waals surface area (Å²) in [4.78, 5) is 52.0. The third-order valence-corrected chi connectivity index (χ3v) is 5.77. The summed E-state index contributed by atoms with van der Waals surface area (Å²) in [6.45, 7) is 3.41. The second-order valence-electron chi connectivity index (χ2n) is 8.30. The average molecular weight is 452 g/mol. The van der Waals surface area contributed by atoms with E-state index in [0.29, 0.717) is 24.9 Å². The maximum absolute atomic E-state index is 12.9. The Morgan fingerprint density at radius 2 is 1.70 bits per heavy atom. The molecule has 0 radical (unpaired) electrons. The van der Waals surface area contributed by atoms with Crippen LogP contribution in [-0.4, -0.2) is 58.2 Å². The molecule has 1 saturated heterocycles. The van der Waals surface area contributed by atoms with Crippen LogP contribution in [0.1, 0.15) is 42.6 Å². The molecule has 0 aliphatic carbocycles. The predicted octanol–water partition coefficient (Wildman–Crippen LogP) is 1.82. The molecule has 1 fully saturated rings. The molecule has 33 heavy (non-hydrogen) atoms. The van der Waals surface area contributed by atoms with Crippen molar-refractivity contribution < 1.29 is 24.3 Å². The van der Waals surface area contributed by atoms with Gasteiger partial charge in [0.15, 0.2) is 5.78 Å². The zero-order valence-corrected chi connectivity index (χ0v) is 18.8. The van der Waals surface area contributed by atoms with Gasteiger partial charge in [-0.15, -0.1) is 0 Å². The number of rotatable bonds is 8. The average Bonchev–Trinajstić information content (AvgIpc) is 3.30. The molecule has 1 aliphatic heterocycles. The summed E-state index contributed by atoms with van der Waals surface area (Å²) in [7, 11) is 0. The lowest BCUT2D eigenvalue weighted by Crippen LogP contribution is -2.54. The van der Waals surface area contributed by atoms with Crippen LogP contribution in [0.3, 0.4) is 0 Å². The van der Waals surface area contributed by atoms with Crippen LogP contribution >= 0.6 is 0 Å². The van der Waals surface area contributed by atoms with E-state index in [9.17, 15) is 24.3 Å². The number of nitrogens with one attached hydrogen (secondary N) is 2. The first-order chi connectivity index (χ1) is 15.8. The molecule has 3 atom stereocenters. The van der Waals surface area contributed by atoms with Crippen LogP contribution in [0, 0.1) is 0 Å². The summed E-state index contributed by atoms with van der Waals surface area (Å²) < 4.78 is 0. The van der Waals surface area contributed by atoms with Crippen molar-refractivity contribution in [3.8, 4) is 5.75 Å². The highest BCUT2D eigenvalue weighted by Crippen LogP contribution is 2.20. The van der Waals surface area contributed by atoms with Gasteiger partial charge >= 0.3 is 0 Å². The second-order valence-corrected chi connectivity index (χ2v) is 8.30. The van der Waals surface area contributed by atoms with E-state index < -0.39 is 29.9 Å². The number of nitrogens with zero attached hydrogens (tertiary/aromatic N) is 1. The Morgan fingerprint density at radius 3 is 2.33 bits per heavy atom. The Bertz CT molecular complexity index is 1010. The van der Waals surface area contributed by atoms with E-state index in [-0.39, 0.29) is 23.9 Å². The van der Waals surface area contributed by atoms with E-state index in [0.717, 1.165) is 5.56 Å². The van der Waals surface area contributed by atoms with Crippen molar-refractivity contribution in [2.45, 2.75) is 51.2 Å². The van der Waals surface area contributed by atoms with Crippen molar-refractivity contribution in [1.29, 1.82) is 0 Å². The topological polar surface area (TPSA) is 116 Å². The first-order valence-electron chi connectivity index (χ1n) is 11.0. The molecule has 3 amide bonds. The molecule has 0 saturated carbocycles. The first-order valence-corrected chi connectivity index (χ1v) is 11.0. The summed E-state index contributed by atoms with van der Waals surface area (Å²) in [5.74, 6) is -1.19. The highest BCUT2D eigenvalue weighted by Gasteiger charge is 2.35. The SMILES string of the molecule is CC(=O)C(Cc1ccc(O)cc1)NC(=O)C(C)NC(=O)C1CCCN1C(=O)c1ccccc1. The van der Waals surface area contributed by atoms with E-state index in [2.05, 4.69) is 10.6 Å². The Kier molecular flexibility index (Phi) is 7.82. The number of carbonyl (C=O) groups is 4. The molecule has 3 rings (SSSR count). The normalized spacial score (nSPS) is 17.2. The second kappa shape index (κ2) is 10.8. The summed E-state index contributed by atoms with van der Waals surface area (Å²) in [5.41, 5.74) is 1.30. The molecule has 174 valence electrons. The lowest BCUT2D eigenvalue weighted by atomic mass is 10.0. The molecule has 2 aromatic rings. The number of hydrogen-bond donors (Lipinski definition) is 3. The molecule has 3 N–H and O–H groups in total. The van der Waals surface area contributed by atoms with Crippen LogP contribution in [0.25, 0.3) is 0 Å². The van der Waals surface area contributed by atoms with Gasteiger partial charge in [-0.25, -0.2) is 0 Å². The third kappa shape index (κ3) is 6.19. The number of phenolic OH excluding ortho intramolecular Hbond substituents is 1. The number of benzene rings is 2. The van der Waals surface area contributed by atoms with E-state index in [1.54, 1.807) is 48.2 Å². The van der Waals surface area contributed by atoms with Crippen LogP contribution in [0.5, 0.6) is 5.75 Å². The maximum atomic E-state index is 12.9. The van der Waals surface area contributed by atoms with Crippen LogP contribution in [0.4, 0.5) is 0 Å². The minimum absolute atomic E-state index is 0.116. The van der Waals surface area contributed by atoms with Gasteiger partial charge in [-0.2, -0.15) is 0 Å². The van der Waals surface area contributed by atoms with E-state index >= 15 is 0 Å². The quantitative estimate of drug-likeness (QED) is 0.566. The fraction of sp³-hybridized carbons (Fsp3) is 0.360. The number of likely N-dealkylation sites (tertiary alicyclic amines) is 1. The monoisotopic (exact) mass is 451 g/mol. The van der Waals surface area contributed by atoms with E-state index in [4.69, 9.17) is 0 Å². The zero-order valence-electron chi connectivity index (χ0n) is 18.8. The van der Waals surface area contributed by atoms with Gasteiger partial charge in [0, 0.05) is 12.1 Å². The third-order valence-electron chi connectivity index (χ3n) is 5.77. The lowest BCUT2D eigenvalue weighted by molar-refractivity contribution is -0.132. The minimum Gasteiger partial charge on any atom is -0.508 e. The molecule has 3 unspecified atom stereocenters. The highest BCUT2D eigenvalue weighted by molar-refractivity contribution is 5.99. The fourth-order valence-electron chi connectivity index (χ4n) is 3.86. The number of Topliss-reactive ketones (excluding diaryl/α,β-unsaturated/α-hetero) is 1. The maximum Gasteiger partial charge on any atom is 0.254 e. The van der Waals surface area contributed by atoms with E-state index in [1.807, 2.05) is 6.07 Å². The van der Waals surface area contributed by atoms with Crippen molar-refractivity contribution in [1.82, 2.24) is 15.5 Å². The highest BCUT2D eigenvalue weighted by atomic mass is 16.3. The number of phenols is 1. The van der Waals surface area contributed by atoms with Crippen molar-refractivity contribution in [2.75, 3.05) is 6.54 Å². The van der Waals surface area contributed by atoms with Crippen LogP contribution in [0.2, 0.25) is 0 Å². The fourth-order valence-corrected chi connectivity index (χ4v) is 3.86. The number of aromatic hydroxyl groups is 1. The molecule has 8 nitrogen and oxygen atoms in total. The molecule has 0 aromatic heterocycles. The summed E-state index contributed by atoms with van der Waals surface area (Å²) in [5, 5.41) is 14.8. The summed E-state index contributed by atoms with van der Waals surface area (Å²) >= 11 is 0. The van der Waals surface area contributed by atoms with Gasteiger partial charge in [0.1, 0.15) is 17.8 Å². The number of ketones is 1. The largest absolute Gasteiger partial charge is 0.508 e. The summed E-state index contributed by atoms with van der Waals surface area (Å²) in [6.07, 6.45) is 1.50. The Hall–Kier alpha value is -3.68. The zero-order chi connectivity index (χ0) is 24.0. The smallest absolute Gasteiger partial charge is 0.254 e. The molecule has 0 spiro atoms. The first kappa shape index (κ1) is 24.0. The number of hydrogen-bond acceptors (Lipinski definition) is 5. The molecule has 1 aliphatic rings. The summed E-state index contributed by atoms with van der Waals surface area (Å²) in [6, 6.07) is 12.9. The van der Waals surface area contributed by atoms with Gasteiger partial charge in [0.05, 0.1) is 6.04 Å². The Labute approximate surface area is 193 Å². The Balaban J connectivity index is 1.59. The van der Waals surface area contributed by atoms with Crippen LogP contribution in [-0.2, 0) is 20.8 Å². The van der Waals surface area contributed by atoms with Crippen molar-refractivity contribution in [3.05, 3.63) is 65.7 Å². The minimum atomic E-state index is -0.881. The van der Waals surface area contributed by atoms with Gasteiger partial charge in [-0.1, -0.05) is 30.3 Å². The van der Waals surface area contributed by atoms with Crippen molar-refractivity contribution in [2.24, 2.45) is 0 Å². The van der Waals surface area contributed by atoms with Crippen molar-refractivity contribution in [3.63, 3.8) is 0 Å². The standard InChI is InChI=1S/C25H29N3O5/c1-16(23(31)27-21(17(2)29)15-18-10-12-20(30)13-11-18)26-24(32)22-9-6-14-28(22)25(33)19-7-4-3-5-8-19/h3-5,7-8,10-13,16,21-22,30H,6,9,14-15H2,1-2H3,(H,26,32)(H,27,31). The van der Waals surface area contributed by atoms with E-state index in [1.165, 1.54) is 19.1 Å². The molecular weight excluding hydrogens is 422 g/mol. The van der Waals surface area contributed by atoms with Crippen LogP contribution in [0.15, 0.2) is 54.6 Å². The van der Waals surface area contributed by atoms with Gasteiger partial charge in [-0.05, 0) is 62.9 Å². The van der Waals surface area contributed by atoms with Gasteiger partial charge in [0.25, 0.3) is 5.91 Å². The molecule has 0 bridgehead atoms. The van der Waals surface area contributed by atoms with Gasteiger partial charge in [-0.3, -0.25) is 19.2 Å². The predicted molar refractivity (Wildman–Crippen MR) is 123 cm³/mol. The van der Waals surface area contributed by atoms with Crippen LogP contribution < -0.4 is 10.6 Å². The number of amides is 3. The number of carbonyl (C=O) groups excluding carboxylic acids is 4. The molecule has 1 heterocycles. The molecule has 8 heteroatoms. The van der Waals surface area contributed by atoms with Gasteiger partial charge in [0.2, 0.25) is 11.8 Å². The lowest BCUT2D eigenvalue weighted by Gasteiger charge is -2.26. The molecular formula is C25H29N3O5. The van der Waals surface area contributed by atoms with Gasteiger partial charge < -0.3 is 20.6 Å².